The van der Waals surface area contributed by atoms with Gasteiger partial charge in [0, 0.05) is 13.1 Å². The Labute approximate surface area is 193 Å². The summed E-state index contributed by atoms with van der Waals surface area (Å²) in [5.41, 5.74) is 3.18. The second-order valence-corrected chi connectivity index (χ2v) is 8.99. The van der Waals surface area contributed by atoms with E-state index in [2.05, 4.69) is 33.0 Å². The zero-order valence-electron chi connectivity index (χ0n) is 20.4. The molecule has 0 saturated heterocycles. The predicted molar refractivity (Wildman–Crippen MR) is 130 cm³/mol. The van der Waals surface area contributed by atoms with E-state index < -0.39 is 6.04 Å². The number of hydrogen-bond donors (Lipinski definition) is 1. The van der Waals surface area contributed by atoms with Crippen molar-refractivity contribution in [2.24, 2.45) is 5.92 Å². The minimum atomic E-state index is -0.551. The van der Waals surface area contributed by atoms with E-state index in [0.717, 1.165) is 16.7 Å². The number of nitrogens with one attached hydrogen (secondary N) is 1. The summed E-state index contributed by atoms with van der Waals surface area (Å²) in [4.78, 5) is 28.0. The van der Waals surface area contributed by atoms with E-state index in [9.17, 15) is 9.59 Å². The second-order valence-electron chi connectivity index (χ2n) is 8.99. The lowest BCUT2D eigenvalue weighted by molar-refractivity contribution is -0.143. The Balaban J connectivity index is 2.25. The first-order valence-electron chi connectivity index (χ1n) is 11.6. The van der Waals surface area contributed by atoms with Crippen molar-refractivity contribution < 1.29 is 14.3 Å². The maximum Gasteiger partial charge on any atom is 0.261 e. The molecule has 0 heterocycles. The van der Waals surface area contributed by atoms with E-state index in [1.807, 2.05) is 62.4 Å². The molecule has 2 rings (SSSR count). The average molecular weight is 439 g/mol. The van der Waals surface area contributed by atoms with Crippen LogP contribution in [0.25, 0.3) is 0 Å². The van der Waals surface area contributed by atoms with Gasteiger partial charge in [-0.25, -0.2) is 0 Å². The molecule has 0 saturated carbocycles. The van der Waals surface area contributed by atoms with Gasteiger partial charge in [0.05, 0.1) is 0 Å². The molecular formula is C27H38N2O3. The number of amides is 2. The normalized spacial score (nSPS) is 12.0. The van der Waals surface area contributed by atoms with Gasteiger partial charge in [0.1, 0.15) is 11.8 Å². The summed E-state index contributed by atoms with van der Waals surface area (Å²) in [5, 5.41) is 2.99. The molecule has 0 unspecified atom stereocenters. The van der Waals surface area contributed by atoms with Gasteiger partial charge in [0.25, 0.3) is 5.91 Å². The number of benzene rings is 2. The molecule has 5 nitrogen and oxygen atoms in total. The van der Waals surface area contributed by atoms with Crippen LogP contribution in [0.1, 0.15) is 63.6 Å². The Morgan fingerprint density at radius 1 is 1.00 bits per heavy atom. The van der Waals surface area contributed by atoms with Gasteiger partial charge in [-0.05, 0) is 47.9 Å². The molecule has 5 heteroatoms. The standard InChI is InChI=1S/C27H38N2O3/c1-7-24(27(31)28-16-19(2)3)29(17-22-13-9-8-12-21(22)6)26(30)18-32-25-15-11-10-14-23(25)20(4)5/h8-15,19-20,24H,7,16-18H2,1-6H3,(H,28,31)/t24-/m0/s1. The third-order valence-corrected chi connectivity index (χ3v) is 5.56. The highest BCUT2D eigenvalue weighted by molar-refractivity contribution is 5.88. The number of rotatable bonds is 11. The first kappa shape index (κ1) is 25.4. The molecule has 174 valence electrons. The quantitative estimate of drug-likeness (QED) is 0.532. The van der Waals surface area contributed by atoms with Crippen molar-refractivity contribution in [3.63, 3.8) is 0 Å². The van der Waals surface area contributed by atoms with E-state index in [1.54, 1.807) is 4.90 Å². The van der Waals surface area contributed by atoms with Crippen LogP contribution in [0.4, 0.5) is 0 Å². The molecule has 2 amide bonds. The molecule has 0 bridgehead atoms. The lowest BCUT2D eigenvalue weighted by Crippen LogP contribution is -2.50. The van der Waals surface area contributed by atoms with Crippen LogP contribution in [-0.2, 0) is 16.1 Å². The largest absolute Gasteiger partial charge is 0.483 e. The second kappa shape index (κ2) is 12.3. The fourth-order valence-corrected chi connectivity index (χ4v) is 3.62. The van der Waals surface area contributed by atoms with E-state index in [4.69, 9.17) is 4.74 Å². The summed E-state index contributed by atoms with van der Waals surface area (Å²) in [6.07, 6.45) is 0.532. The third kappa shape index (κ3) is 7.11. The van der Waals surface area contributed by atoms with Crippen molar-refractivity contribution in [3.8, 4) is 5.75 Å². The zero-order valence-corrected chi connectivity index (χ0v) is 20.4. The monoisotopic (exact) mass is 438 g/mol. The third-order valence-electron chi connectivity index (χ3n) is 5.56. The molecule has 0 aromatic heterocycles. The van der Waals surface area contributed by atoms with Crippen LogP contribution in [0.15, 0.2) is 48.5 Å². The van der Waals surface area contributed by atoms with Crippen LogP contribution < -0.4 is 10.1 Å². The van der Waals surface area contributed by atoms with E-state index in [1.165, 1.54) is 0 Å². The smallest absolute Gasteiger partial charge is 0.261 e. The Kier molecular flexibility index (Phi) is 9.76. The minimum Gasteiger partial charge on any atom is -0.483 e. The van der Waals surface area contributed by atoms with E-state index >= 15 is 0 Å². The molecule has 0 radical (unpaired) electrons. The summed E-state index contributed by atoms with van der Waals surface area (Å²) >= 11 is 0. The maximum absolute atomic E-state index is 13.4. The fraction of sp³-hybridized carbons (Fsp3) is 0.481. The van der Waals surface area contributed by atoms with Gasteiger partial charge < -0.3 is 15.0 Å². The topological polar surface area (TPSA) is 58.6 Å². The highest BCUT2D eigenvalue weighted by Crippen LogP contribution is 2.26. The summed E-state index contributed by atoms with van der Waals surface area (Å²) in [7, 11) is 0. The molecule has 32 heavy (non-hydrogen) atoms. The van der Waals surface area contributed by atoms with Crippen LogP contribution in [0.2, 0.25) is 0 Å². The summed E-state index contributed by atoms with van der Waals surface area (Å²) in [6, 6.07) is 15.2. The molecule has 0 aliphatic heterocycles. The Morgan fingerprint density at radius 3 is 2.28 bits per heavy atom. The number of hydrogen-bond acceptors (Lipinski definition) is 3. The zero-order chi connectivity index (χ0) is 23.7. The van der Waals surface area contributed by atoms with Gasteiger partial charge in [-0.15, -0.1) is 0 Å². The Bertz CT molecular complexity index is 892. The van der Waals surface area contributed by atoms with Crippen molar-refractivity contribution in [1.82, 2.24) is 10.2 Å². The highest BCUT2D eigenvalue weighted by Gasteiger charge is 2.29. The fourth-order valence-electron chi connectivity index (χ4n) is 3.62. The van der Waals surface area contributed by atoms with Gasteiger partial charge in [-0.3, -0.25) is 9.59 Å². The molecule has 0 aliphatic rings. The first-order valence-corrected chi connectivity index (χ1v) is 11.6. The van der Waals surface area contributed by atoms with Crippen molar-refractivity contribution >= 4 is 11.8 Å². The Hall–Kier alpha value is -2.82. The lowest BCUT2D eigenvalue weighted by Gasteiger charge is -2.31. The van der Waals surface area contributed by atoms with Crippen LogP contribution in [0, 0.1) is 12.8 Å². The van der Waals surface area contributed by atoms with Crippen molar-refractivity contribution in [1.29, 1.82) is 0 Å². The van der Waals surface area contributed by atoms with Crippen molar-refractivity contribution in [3.05, 3.63) is 65.2 Å². The van der Waals surface area contributed by atoms with Gasteiger partial charge in [-0.1, -0.05) is 77.1 Å². The molecule has 0 fully saturated rings. The van der Waals surface area contributed by atoms with Crippen LogP contribution in [-0.4, -0.2) is 35.9 Å². The van der Waals surface area contributed by atoms with E-state index in [0.29, 0.717) is 31.2 Å². The first-order chi connectivity index (χ1) is 15.2. The SMILES string of the molecule is CC[C@@H](C(=O)NCC(C)C)N(Cc1ccccc1C)C(=O)COc1ccccc1C(C)C. The van der Waals surface area contributed by atoms with Crippen molar-refractivity contribution in [2.75, 3.05) is 13.2 Å². The molecule has 0 spiro atoms. The highest BCUT2D eigenvalue weighted by atomic mass is 16.5. The predicted octanol–water partition coefficient (Wildman–Crippen LogP) is 5.08. The maximum atomic E-state index is 13.4. The van der Waals surface area contributed by atoms with E-state index in [-0.39, 0.29) is 24.3 Å². The molecule has 1 atom stereocenters. The van der Waals surface area contributed by atoms with Crippen LogP contribution >= 0.6 is 0 Å². The molecular weight excluding hydrogens is 400 g/mol. The van der Waals surface area contributed by atoms with Gasteiger partial charge in [0.15, 0.2) is 6.61 Å². The Morgan fingerprint density at radius 2 is 1.66 bits per heavy atom. The summed E-state index contributed by atoms with van der Waals surface area (Å²) in [5.74, 6) is 1.02. The summed E-state index contributed by atoms with van der Waals surface area (Å²) < 4.78 is 5.96. The average Bonchev–Trinajstić information content (AvgIpc) is 2.77. The molecule has 0 aliphatic carbocycles. The number of nitrogens with zero attached hydrogens (tertiary/aromatic N) is 1. The number of ether oxygens (including phenoxy) is 1. The minimum absolute atomic E-state index is 0.108. The van der Waals surface area contributed by atoms with Gasteiger partial charge in [0.2, 0.25) is 5.91 Å². The molecule has 2 aromatic rings. The summed E-state index contributed by atoms with van der Waals surface area (Å²) in [6.45, 7) is 13.1. The molecule has 1 N–H and O–H groups in total. The molecule has 2 aromatic carbocycles. The number of carbonyl (C=O) groups excluding carboxylic acids is 2. The van der Waals surface area contributed by atoms with Crippen LogP contribution in [0.5, 0.6) is 5.75 Å². The van der Waals surface area contributed by atoms with Gasteiger partial charge >= 0.3 is 0 Å². The van der Waals surface area contributed by atoms with Crippen molar-refractivity contribution in [2.45, 2.75) is 66.5 Å². The number of aryl methyl sites for hydroxylation is 1. The van der Waals surface area contributed by atoms with Gasteiger partial charge in [-0.2, -0.15) is 0 Å². The number of para-hydroxylation sites is 1. The van der Waals surface area contributed by atoms with Crippen LogP contribution in [0.3, 0.4) is 0 Å². The lowest BCUT2D eigenvalue weighted by atomic mass is 10.0. The number of carbonyl (C=O) groups is 2.